The largest absolute Gasteiger partial charge is 0.469 e. The van der Waals surface area contributed by atoms with Gasteiger partial charge in [0.2, 0.25) is 5.91 Å². The number of methoxy groups -OCH3 is 1. The van der Waals surface area contributed by atoms with Gasteiger partial charge in [-0.2, -0.15) is 0 Å². The van der Waals surface area contributed by atoms with Crippen LogP contribution < -0.4 is 5.32 Å². The van der Waals surface area contributed by atoms with Gasteiger partial charge in [0.05, 0.1) is 20.0 Å². The van der Waals surface area contributed by atoms with E-state index in [1.54, 1.807) is 0 Å². The summed E-state index contributed by atoms with van der Waals surface area (Å²) >= 11 is 0. The van der Waals surface area contributed by atoms with E-state index in [9.17, 15) is 9.59 Å². The lowest BCUT2D eigenvalue weighted by Gasteiger charge is -2.06. The molecule has 1 amide bonds. The van der Waals surface area contributed by atoms with Crippen LogP contribution in [0.3, 0.4) is 0 Å². The topological polar surface area (TPSA) is 55.4 Å². The minimum atomic E-state index is -0.314. The number of ether oxygens (including phenoxy) is 1. The van der Waals surface area contributed by atoms with Crippen LogP contribution in [0.15, 0.2) is 24.3 Å². The number of amides is 1. The molecule has 1 N–H and O–H groups in total. The Bertz CT molecular complexity index is 426. The summed E-state index contributed by atoms with van der Waals surface area (Å²) in [6, 6.07) is 8.13. The second-order valence-electron chi connectivity index (χ2n) is 4.77. The summed E-state index contributed by atoms with van der Waals surface area (Å²) in [5.74, 6) is -0.388. The standard InChI is InChI=1S/C16H23NO3/c1-3-4-5-13-6-8-14(9-7-13)12-15(18)17-11-10-16(19)20-2/h6-9H,3-5,10-12H2,1-2H3,(H,17,18). The number of aryl methyl sites for hydroxylation is 1. The molecule has 4 heteroatoms. The number of rotatable bonds is 8. The van der Waals surface area contributed by atoms with Crippen molar-refractivity contribution < 1.29 is 14.3 Å². The van der Waals surface area contributed by atoms with Crippen molar-refractivity contribution in [1.82, 2.24) is 5.32 Å². The molecule has 0 saturated carbocycles. The van der Waals surface area contributed by atoms with Crippen molar-refractivity contribution in [3.8, 4) is 0 Å². The molecule has 0 aromatic heterocycles. The van der Waals surface area contributed by atoms with Gasteiger partial charge in [-0.25, -0.2) is 0 Å². The average molecular weight is 277 g/mol. The van der Waals surface area contributed by atoms with E-state index in [1.807, 2.05) is 12.1 Å². The molecule has 0 heterocycles. The monoisotopic (exact) mass is 277 g/mol. The predicted octanol–water partition coefficient (Wildman–Crippen LogP) is 2.25. The van der Waals surface area contributed by atoms with Crippen molar-refractivity contribution in [3.05, 3.63) is 35.4 Å². The highest BCUT2D eigenvalue weighted by Crippen LogP contribution is 2.08. The zero-order valence-corrected chi connectivity index (χ0v) is 12.3. The van der Waals surface area contributed by atoms with Gasteiger partial charge in [-0.3, -0.25) is 9.59 Å². The summed E-state index contributed by atoms with van der Waals surface area (Å²) in [7, 11) is 1.34. The second kappa shape index (κ2) is 9.13. The third kappa shape index (κ3) is 6.36. The quantitative estimate of drug-likeness (QED) is 0.741. The molecule has 110 valence electrons. The smallest absolute Gasteiger partial charge is 0.307 e. The van der Waals surface area contributed by atoms with Crippen molar-refractivity contribution in [2.45, 2.75) is 39.0 Å². The molecule has 0 spiro atoms. The molecule has 0 atom stereocenters. The van der Waals surface area contributed by atoms with Crippen LogP contribution in [0.25, 0.3) is 0 Å². The van der Waals surface area contributed by atoms with Gasteiger partial charge < -0.3 is 10.1 Å². The van der Waals surface area contributed by atoms with Crippen LogP contribution >= 0.6 is 0 Å². The van der Waals surface area contributed by atoms with E-state index in [4.69, 9.17) is 0 Å². The van der Waals surface area contributed by atoms with Gasteiger partial charge in [0.25, 0.3) is 0 Å². The molecule has 20 heavy (non-hydrogen) atoms. The van der Waals surface area contributed by atoms with Crippen LogP contribution in [0.1, 0.15) is 37.3 Å². The summed E-state index contributed by atoms with van der Waals surface area (Å²) in [4.78, 5) is 22.6. The summed E-state index contributed by atoms with van der Waals surface area (Å²) in [5.41, 5.74) is 2.29. The molecular weight excluding hydrogens is 254 g/mol. The van der Waals surface area contributed by atoms with Crippen LogP contribution in [0.5, 0.6) is 0 Å². The van der Waals surface area contributed by atoms with Crippen molar-refractivity contribution in [2.24, 2.45) is 0 Å². The van der Waals surface area contributed by atoms with Crippen LogP contribution in [-0.4, -0.2) is 25.5 Å². The number of carbonyl (C=O) groups is 2. The molecule has 4 nitrogen and oxygen atoms in total. The molecule has 1 rings (SSSR count). The Kier molecular flexibility index (Phi) is 7.40. The van der Waals surface area contributed by atoms with Crippen molar-refractivity contribution in [2.75, 3.05) is 13.7 Å². The number of esters is 1. The van der Waals surface area contributed by atoms with Gasteiger partial charge in [-0.1, -0.05) is 37.6 Å². The molecule has 0 aliphatic heterocycles. The fraction of sp³-hybridized carbons (Fsp3) is 0.500. The average Bonchev–Trinajstić information content (AvgIpc) is 2.46. The number of hydrogen-bond acceptors (Lipinski definition) is 3. The van der Waals surface area contributed by atoms with E-state index in [1.165, 1.54) is 25.5 Å². The molecule has 0 radical (unpaired) electrons. The molecular formula is C16H23NO3. The zero-order valence-electron chi connectivity index (χ0n) is 12.3. The van der Waals surface area contributed by atoms with E-state index >= 15 is 0 Å². The van der Waals surface area contributed by atoms with E-state index in [0.29, 0.717) is 13.0 Å². The van der Waals surface area contributed by atoms with Crippen molar-refractivity contribution >= 4 is 11.9 Å². The highest BCUT2D eigenvalue weighted by molar-refractivity contribution is 5.79. The van der Waals surface area contributed by atoms with Gasteiger partial charge in [0, 0.05) is 6.54 Å². The molecule has 0 saturated heterocycles. The lowest BCUT2D eigenvalue weighted by atomic mass is 10.0. The Labute approximate surface area is 120 Å². The lowest BCUT2D eigenvalue weighted by molar-refractivity contribution is -0.140. The minimum absolute atomic E-state index is 0.0739. The summed E-state index contributed by atoms with van der Waals surface area (Å²) in [6.07, 6.45) is 4.01. The van der Waals surface area contributed by atoms with Crippen molar-refractivity contribution in [3.63, 3.8) is 0 Å². The number of carbonyl (C=O) groups excluding carboxylic acids is 2. The Morgan fingerprint density at radius 2 is 1.80 bits per heavy atom. The first-order valence-corrected chi connectivity index (χ1v) is 7.07. The summed E-state index contributed by atoms with van der Waals surface area (Å²) in [5, 5.41) is 2.71. The number of unbranched alkanes of at least 4 members (excludes halogenated alkanes) is 1. The Balaban J connectivity index is 2.32. The highest BCUT2D eigenvalue weighted by Gasteiger charge is 2.05. The maximum atomic E-state index is 11.7. The third-order valence-electron chi connectivity index (χ3n) is 3.09. The normalized spacial score (nSPS) is 10.1. The SMILES string of the molecule is CCCCc1ccc(CC(=O)NCCC(=O)OC)cc1. The zero-order chi connectivity index (χ0) is 14.8. The van der Waals surface area contributed by atoms with E-state index in [2.05, 4.69) is 29.1 Å². The Hall–Kier alpha value is -1.84. The summed E-state index contributed by atoms with van der Waals surface area (Å²) in [6.45, 7) is 2.49. The lowest BCUT2D eigenvalue weighted by Crippen LogP contribution is -2.27. The minimum Gasteiger partial charge on any atom is -0.469 e. The van der Waals surface area contributed by atoms with Gasteiger partial charge >= 0.3 is 5.97 Å². The van der Waals surface area contributed by atoms with E-state index in [-0.39, 0.29) is 18.3 Å². The molecule has 0 aliphatic carbocycles. The fourth-order valence-corrected chi connectivity index (χ4v) is 1.86. The molecule has 1 aromatic carbocycles. The maximum Gasteiger partial charge on any atom is 0.307 e. The molecule has 1 aromatic rings. The number of hydrogen-bond donors (Lipinski definition) is 1. The molecule has 0 fully saturated rings. The second-order valence-corrected chi connectivity index (χ2v) is 4.77. The fourth-order valence-electron chi connectivity index (χ4n) is 1.86. The van der Waals surface area contributed by atoms with Crippen LogP contribution in [-0.2, 0) is 27.2 Å². The molecule has 0 unspecified atom stereocenters. The molecule has 0 bridgehead atoms. The van der Waals surface area contributed by atoms with E-state index < -0.39 is 0 Å². The first-order chi connectivity index (χ1) is 9.65. The van der Waals surface area contributed by atoms with E-state index in [0.717, 1.165) is 12.0 Å². The predicted molar refractivity (Wildman–Crippen MR) is 78.4 cm³/mol. The van der Waals surface area contributed by atoms with Gasteiger partial charge in [0.1, 0.15) is 0 Å². The van der Waals surface area contributed by atoms with Crippen LogP contribution in [0.2, 0.25) is 0 Å². The first-order valence-electron chi connectivity index (χ1n) is 7.07. The van der Waals surface area contributed by atoms with Crippen molar-refractivity contribution in [1.29, 1.82) is 0 Å². The first kappa shape index (κ1) is 16.2. The van der Waals surface area contributed by atoms with Gasteiger partial charge in [-0.15, -0.1) is 0 Å². The maximum absolute atomic E-state index is 11.7. The highest BCUT2D eigenvalue weighted by atomic mass is 16.5. The van der Waals surface area contributed by atoms with Gasteiger partial charge in [-0.05, 0) is 24.0 Å². The number of benzene rings is 1. The van der Waals surface area contributed by atoms with Crippen LogP contribution in [0.4, 0.5) is 0 Å². The van der Waals surface area contributed by atoms with Gasteiger partial charge in [0.15, 0.2) is 0 Å². The van der Waals surface area contributed by atoms with Crippen LogP contribution in [0, 0.1) is 0 Å². The molecule has 0 aliphatic rings. The third-order valence-corrected chi connectivity index (χ3v) is 3.09. The number of nitrogens with one attached hydrogen (secondary N) is 1. The summed E-state index contributed by atoms with van der Waals surface area (Å²) < 4.78 is 4.51. The Morgan fingerprint density at radius 1 is 1.15 bits per heavy atom. The Morgan fingerprint density at radius 3 is 2.40 bits per heavy atom.